The lowest BCUT2D eigenvalue weighted by atomic mass is 10.1. The van der Waals surface area contributed by atoms with E-state index in [-0.39, 0.29) is 30.3 Å². The van der Waals surface area contributed by atoms with E-state index < -0.39 is 9.84 Å². The number of sulfone groups is 1. The quantitative estimate of drug-likeness (QED) is 0.752. The molecular formula is C21H27N3O3S2. The number of hydrogen-bond donors (Lipinski definition) is 1. The Balaban J connectivity index is 1.31. The summed E-state index contributed by atoms with van der Waals surface area (Å²) in [4.78, 5) is 18.1. The van der Waals surface area contributed by atoms with Gasteiger partial charge >= 0.3 is 0 Å². The van der Waals surface area contributed by atoms with Crippen LogP contribution in [0.3, 0.4) is 0 Å². The van der Waals surface area contributed by atoms with Gasteiger partial charge in [0.05, 0.1) is 24.1 Å². The third-order valence-electron chi connectivity index (χ3n) is 5.81. The Morgan fingerprint density at radius 1 is 1.10 bits per heavy atom. The Hall–Kier alpha value is -1.74. The zero-order valence-corrected chi connectivity index (χ0v) is 18.0. The molecule has 0 saturated carbocycles. The van der Waals surface area contributed by atoms with E-state index in [0.717, 1.165) is 25.1 Å². The molecule has 156 valence electrons. The second kappa shape index (κ2) is 8.95. The lowest BCUT2D eigenvalue weighted by molar-refractivity contribution is -0.132. The van der Waals surface area contributed by atoms with Crippen molar-refractivity contribution in [2.24, 2.45) is 0 Å². The van der Waals surface area contributed by atoms with E-state index in [4.69, 9.17) is 0 Å². The van der Waals surface area contributed by atoms with E-state index in [1.165, 1.54) is 4.88 Å². The lowest BCUT2D eigenvalue weighted by Gasteiger charge is -2.37. The highest BCUT2D eigenvalue weighted by Crippen LogP contribution is 2.26. The average molecular weight is 434 g/mol. The first-order valence-electron chi connectivity index (χ1n) is 10.1. The molecule has 1 aromatic heterocycles. The van der Waals surface area contributed by atoms with Crippen LogP contribution >= 0.6 is 11.3 Å². The van der Waals surface area contributed by atoms with Gasteiger partial charge in [-0.2, -0.15) is 0 Å². The molecule has 0 spiro atoms. The molecule has 0 radical (unpaired) electrons. The molecular weight excluding hydrogens is 406 g/mol. The van der Waals surface area contributed by atoms with Crippen molar-refractivity contribution < 1.29 is 13.2 Å². The van der Waals surface area contributed by atoms with Crippen LogP contribution in [-0.2, 0) is 14.6 Å². The molecule has 2 atom stereocenters. The van der Waals surface area contributed by atoms with Crippen LogP contribution in [0, 0.1) is 0 Å². The summed E-state index contributed by atoms with van der Waals surface area (Å²) in [5.41, 5.74) is 1.15. The SMILES string of the molecule is O=C(CN[C@@H](c1ccccc1)c1cccs1)N1CCN([C@@H]2CCS(=O)(=O)C2)CC1. The second-order valence-corrected chi connectivity index (χ2v) is 10.9. The van der Waals surface area contributed by atoms with Gasteiger partial charge < -0.3 is 4.90 Å². The molecule has 3 heterocycles. The van der Waals surface area contributed by atoms with Crippen molar-refractivity contribution >= 4 is 27.1 Å². The molecule has 2 aliphatic heterocycles. The molecule has 1 amide bonds. The van der Waals surface area contributed by atoms with Crippen LogP contribution in [0.4, 0.5) is 0 Å². The van der Waals surface area contributed by atoms with Crippen LogP contribution in [0.2, 0.25) is 0 Å². The Labute approximate surface area is 176 Å². The molecule has 29 heavy (non-hydrogen) atoms. The maximum atomic E-state index is 12.8. The summed E-state index contributed by atoms with van der Waals surface area (Å²) in [6, 6.07) is 14.4. The van der Waals surface area contributed by atoms with Gasteiger partial charge in [-0.15, -0.1) is 11.3 Å². The van der Waals surface area contributed by atoms with Crippen molar-refractivity contribution in [1.29, 1.82) is 0 Å². The minimum absolute atomic E-state index is 0.00475. The molecule has 0 aliphatic carbocycles. The van der Waals surface area contributed by atoms with Crippen molar-refractivity contribution in [2.45, 2.75) is 18.5 Å². The topological polar surface area (TPSA) is 69.7 Å². The predicted molar refractivity (Wildman–Crippen MR) is 116 cm³/mol. The van der Waals surface area contributed by atoms with Crippen LogP contribution < -0.4 is 5.32 Å². The highest BCUT2D eigenvalue weighted by Gasteiger charge is 2.34. The van der Waals surface area contributed by atoms with Crippen LogP contribution in [-0.4, -0.2) is 74.4 Å². The van der Waals surface area contributed by atoms with E-state index in [0.29, 0.717) is 18.8 Å². The van der Waals surface area contributed by atoms with Gasteiger partial charge in [-0.25, -0.2) is 8.42 Å². The molecule has 1 N–H and O–H groups in total. The van der Waals surface area contributed by atoms with Gasteiger partial charge in [-0.1, -0.05) is 36.4 Å². The average Bonchev–Trinajstić information content (AvgIpc) is 3.39. The van der Waals surface area contributed by atoms with E-state index in [1.807, 2.05) is 29.2 Å². The number of carbonyl (C=O) groups excluding carboxylic acids is 1. The smallest absolute Gasteiger partial charge is 0.236 e. The number of benzene rings is 1. The molecule has 2 aromatic rings. The van der Waals surface area contributed by atoms with Gasteiger partial charge in [0, 0.05) is 37.1 Å². The summed E-state index contributed by atoms with van der Waals surface area (Å²) < 4.78 is 23.4. The summed E-state index contributed by atoms with van der Waals surface area (Å²) in [5.74, 6) is 0.660. The molecule has 2 saturated heterocycles. The number of thiophene rings is 1. The second-order valence-electron chi connectivity index (χ2n) is 7.71. The van der Waals surface area contributed by atoms with Gasteiger partial charge in [0.15, 0.2) is 9.84 Å². The van der Waals surface area contributed by atoms with E-state index in [1.54, 1.807) is 11.3 Å². The first kappa shape index (κ1) is 20.5. The Morgan fingerprint density at radius 3 is 2.48 bits per heavy atom. The highest BCUT2D eigenvalue weighted by molar-refractivity contribution is 7.91. The molecule has 1 aromatic carbocycles. The number of carbonyl (C=O) groups is 1. The molecule has 6 nitrogen and oxygen atoms in total. The summed E-state index contributed by atoms with van der Waals surface area (Å²) in [5, 5.41) is 5.49. The Kier molecular flexibility index (Phi) is 6.34. The van der Waals surface area contributed by atoms with Crippen LogP contribution in [0.15, 0.2) is 47.8 Å². The zero-order chi connectivity index (χ0) is 20.3. The number of rotatable bonds is 6. The van der Waals surface area contributed by atoms with Crippen LogP contribution in [0.25, 0.3) is 0 Å². The summed E-state index contributed by atoms with van der Waals surface area (Å²) in [6.07, 6.45) is 0.720. The van der Waals surface area contributed by atoms with Crippen molar-refractivity contribution in [3.8, 4) is 0 Å². The Bertz CT molecular complexity index is 908. The van der Waals surface area contributed by atoms with Crippen molar-refractivity contribution in [3.63, 3.8) is 0 Å². The molecule has 8 heteroatoms. The minimum Gasteiger partial charge on any atom is -0.339 e. The van der Waals surface area contributed by atoms with Gasteiger partial charge in [0.25, 0.3) is 0 Å². The summed E-state index contributed by atoms with van der Waals surface area (Å²) in [6.45, 7) is 3.10. The van der Waals surface area contributed by atoms with E-state index in [9.17, 15) is 13.2 Å². The Morgan fingerprint density at radius 2 is 1.86 bits per heavy atom. The fourth-order valence-corrected chi connectivity index (χ4v) is 6.77. The fourth-order valence-electron chi connectivity index (χ4n) is 4.18. The maximum absolute atomic E-state index is 12.8. The van der Waals surface area contributed by atoms with Gasteiger partial charge in [-0.05, 0) is 23.4 Å². The highest BCUT2D eigenvalue weighted by atomic mass is 32.2. The van der Waals surface area contributed by atoms with Crippen molar-refractivity contribution in [2.75, 3.05) is 44.2 Å². The number of hydrogen-bond acceptors (Lipinski definition) is 6. The predicted octanol–water partition coefficient (Wildman–Crippen LogP) is 1.76. The molecule has 2 aliphatic rings. The number of nitrogens with one attached hydrogen (secondary N) is 1. The van der Waals surface area contributed by atoms with E-state index in [2.05, 4.69) is 33.8 Å². The zero-order valence-electron chi connectivity index (χ0n) is 16.4. The van der Waals surface area contributed by atoms with Gasteiger partial charge in [-0.3, -0.25) is 15.0 Å². The van der Waals surface area contributed by atoms with E-state index >= 15 is 0 Å². The molecule has 0 unspecified atom stereocenters. The third kappa shape index (κ3) is 5.06. The molecule has 2 fully saturated rings. The first-order chi connectivity index (χ1) is 14.0. The lowest BCUT2D eigenvalue weighted by Crippen LogP contribution is -2.53. The summed E-state index contributed by atoms with van der Waals surface area (Å²) in [7, 11) is -2.87. The largest absolute Gasteiger partial charge is 0.339 e. The number of nitrogens with zero attached hydrogens (tertiary/aromatic N) is 2. The fraction of sp³-hybridized carbons (Fsp3) is 0.476. The number of amides is 1. The standard InChI is InChI=1S/C21H27N3O3S2/c25-20(24-11-9-23(10-12-24)18-8-14-29(26,27)16-18)15-22-21(19-7-4-13-28-19)17-5-2-1-3-6-17/h1-7,13,18,21-22H,8-12,14-16H2/t18-,21+/m1/s1. The molecule has 4 rings (SSSR count). The van der Waals surface area contributed by atoms with Crippen molar-refractivity contribution in [1.82, 2.24) is 15.1 Å². The minimum atomic E-state index is -2.87. The van der Waals surface area contributed by atoms with Gasteiger partial charge in [0.1, 0.15) is 0 Å². The number of piperazine rings is 1. The first-order valence-corrected chi connectivity index (χ1v) is 12.8. The van der Waals surface area contributed by atoms with Crippen molar-refractivity contribution in [3.05, 3.63) is 58.3 Å². The van der Waals surface area contributed by atoms with Gasteiger partial charge in [0.2, 0.25) is 5.91 Å². The molecule has 0 bridgehead atoms. The van der Waals surface area contributed by atoms with Crippen LogP contribution in [0.1, 0.15) is 22.9 Å². The summed E-state index contributed by atoms with van der Waals surface area (Å²) >= 11 is 1.68. The normalized spacial score (nSPS) is 23.2. The third-order valence-corrected chi connectivity index (χ3v) is 8.50. The monoisotopic (exact) mass is 433 g/mol. The maximum Gasteiger partial charge on any atom is 0.236 e. The van der Waals surface area contributed by atoms with Crippen LogP contribution in [0.5, 0.6) is 0 Å².